The van der Waals surface area contributed by atoms with Gasteiger partial charge in [0, 0.05) is 63.9 Å². The van der Waals surface area contributed by atoms with Gasteiger partial charge in [-0.05, 0) is 83.9 Å². The predicted octanol–water partition coefficient (Wildman–Crippen LogP) is 14.0. The van der Waals surface area contributed by atoms with Gasteiger partial charge in [0.05, 0.1) is 22.2 Å². The Morgan fingerprint density at radius 1 is 0.436 bits per heavy atom. The van der Waals surface area contributed by atoms with E-state index in [1.54, 1.807) is 0 Å². The lowest BCUT2D eigenvalue weighted by molar-refractivity contribution is 0.669. The average Bonchev–Trinajstić information content (AvgIpc) is 3.92. The standard InChI is InChI=1S/C50H29N3OS/c1-2-11-33(12-3-1)53-42-18-8-5-13-34(42)38-29-32(21-24-43(38)53)49-36-15-4-7-17-41(36)51-50(52-49)37-16-10-19-45-48(37)40-28-30(22-25-44(40)54-45)31-23-26-47-39(27-31)35-14-6-9-20-46(35)55-47/h1-29H. The molecule has 0 N–H and O–H groups in total. The minimum atomic E-state index is 0.672. The van der Waals surface area contributed by atoms with Gasteiger partial charge >= 0.3 is 0 Å². The Balaban J connectivity index is 1.05. The van der Waals surface area contributed by atoms with Crippen molar-refractivity contribution in [1.82, 2.24) is 14.5 Å². The molecule has 0 bridgehead atoms. The fourth-order valence-corrected chi connectivity index (χ4v) is 9.58. The zero-order valence-corrected chi connectivity index (χ0v) is 30.2. The molecule has 0 aliphatic rings. The van der Waals surface area contributed by atoms with E-state index in [-0.39, 0.29) is 0 Å². The minimum Gasteiger partial charge on any atom is -0.456 e. The molecular weight excluding hydrogens is 691 g/mol. The largest absolute Gasteiger partial charge is 0.456 e. The van der Waals surface area contributed by atoms with Crippen LogP contribution in [0.15, 0.2) is 180 Å². The summed E-state index contributed by atoms with van der Waals surface area (Å²) in [6.45, 7) is 0. The highest BCUT2D eigenvalue weighted by molar-refractivity contribution is 7.25. The van der Waals surface area contributed by atoms with Crippen LogP contribution in [0.4, 0.5) is 0 Å². The van der Waals surface area contributed by atoms with Crippen LogP contribution >= 0.6 is 11.3 Å². The summed E-state index contributed by atoms with van der Waals surface area (Å²) in [5.74, 6) is 0.672. The van der Waals surface area contributed by atoms with Crippen LogP contribution in [-0.2, 0) is 0 Å². The zero-order chi connectivity index (χ0) is 36.0. The average molecular weight is 720 g/mol. The molecular formula is C50H29N3OS. The molecule has 0 fully saturated rings. The number of hydrogen-bond donors (Lipinski definition) is 0. The van der Waals surface area contributed by atoms with Crippen molar-refractivity contribution in [3.8, 4) is 39.5 Å². The molecule has 0 aliphatic heterocycles. The summed E-state index contributed by atoms with van der Waals surface area (Å²) in [4.78, 5) is 10.6. The number of hydrogen-bond acceptors (Lipinski definition) is 4. The molecule has 0 saturated carbocycles. The van der Waals surface area contributed by atoms with Crippen LogP contribution in [0.3, 0.4) is 0 Å². The summed E-state index contributed by atoms with van der Waals surface area (Å²) >= 11 is 1.84. The molecule has 0 unspecified atom stereocenters. The third-order valence-electron chi connectivity index (χ3n) is 11.0. The number of fused-ring (bicyclic) bond motifs is 10. The van der Waals surface area contributed by atoms with E-state index < -0.39 is 0 Å². The highest BCUT2D eigenvalue weighted by atomic mass is 32.1. The van der Waals surface area contributed by atoms with Gasteiger partial charge in [0.1, 0.15) is 11.2 Å². The Morgan fingerprint density at radius 2 is 1.13 bits per heavy atom. The van der Waals surface area contributed by atoms with Gasteiger partial charge in [0.25, 0.3) is 0 Å². The predicted molar refractivity (Wildman–Crippen MR) is 230 cm³/mol. The van der Waals surface area contributed by atoms with E-state index in [2.05, 4.69) is 162 Å². The third-order valence-corrected chi connectivity index (χ3v) is 12.2. The van der Waals surface area contributed by atoms with E-state index in [1.165, 1.54) is 42.0 Å². The molecule has 0 aliphatic carbocycles. The smallest absolute Gasteiger partial charge is 0.161 e. The molecule has 0 radical (unpaired) electrons. The number of furan rings is 1. The Hall–Kier alpha value is -7.08. The summed E-state index contributed by atoms with van der Waals surface area (Å²) in [5.41, 5.74) is 11.3. The fraction of sp³-hybridized carbons (Fsp3) is 0. The van der Waals surface area contributed by atoms with Gasteiger partial charge in [0.15, 0.2) is 5.82 Å². The number of rotatable bonds is 4. The van der Waals surface area contributed by atoms with E-state index in [4.69, 9.17) is 14.4 Å². The molecule has 5 heteroatoms. The minimum absolute atomic E-state index is 0.672. The second kappa shape index (κ2) is 11.7. The molecule has 0 spiro atoms. The van der Waals surface area contributed by atoms with Crippen LogP contribution in [0.25, 0.3) is 114 Å². The van der Waals surface area contributed by atoms with E-state index in [0.29, 0.717) is 5.82 Å². The van der Waals surface area contributed by atoms with E-state index in [1.807, 2.05) is 29.5 Å². The topological polar surface area (TPSA) is 43.9 Å². The van der Waals surface area contributed by atoms with Gasteiger partial charge in [-0.1, -0.05) is 103 Å². The second-order valence-electron chi connectivity index (χ2n) is 14.1. The monoisotopic (exact) mass is 719 g/mol. The number of aromatic nitrogens is 3. The quantitative estimate of drug-likeness (QED) is 0.182. The zero-order valence-electron chi connectivity index (χ0n) is 29.4. The van der Waals surface area contributed by atoms with Gasteiger partial charge in [-0.25, -0.2) is 9.97 Å². The third kappa shape index (κ3) is 4.64. The summed E-state index contributed by atoms with van der Waals surface area (Å²) in [6.07, 6.45) is 0. The highest BCUT2D eigenvalue weighted by Crippen LogP contribution is 2.42. The summed E-state index contributed by atoms with van der Waals surface area (Å²) in [7, 11) is 0. The first-order valence-electron chi connectivity index (χ1n) is 18.5. The normalized spacial score (nSPS) is 12.0. The van der Waals surface area contributed by atoms with Crippen LogP contribution in [-0.4, -0.2) is 14.5 Å². The maximum absolute atomic E-state index is 6.49. The fourth-order valence-electron chi connectivity index (χ4n) is 8.49. The van der Waals surface area contributed by atoms with Crippen LogP contribution in [0.5, 0.6) is 0 Å². The molecule has 256 valence electrons. The number of para-hydroxylation sites is 3. The van der Waals surface area contributed by atoms with Crippen LogP contribution < -0.4 is 0 Å². The van der Waals surface area contributed by atoms with Crippen molar-refractivity contribution in [1.29, 1.82) is 0 Å². The van der Waals surface area contributed by atoms with Crippen LogP contribution in [0, 0.1) is 0 Å². The van der Waals surface area contributed by atoms with Crippen LogP contribution in [0.2, 0.25) is 0 Å². The van der Waals surface area contributed by atoms with Crippen molar-refractivity contribution >= 4 is 86.2 Å². The van der Waals surface area contributed by atoms with E-state index in [9.17, 15) is 0 Å². The van der Waals surface area contributed by atoms with Crippen LogP contribution in [0.1, 0.15) is 0 Å². The van der Waals surface area contributed by atoms with E-state index in [0.717, 1.165) is 66.4 Å². The van der Waals surface area contributed by atoms with Crippen molar-refractivity contribution in [3.63, 3.8) is 0 Å². The van der Waals surface area contributed by atoms with Crippen molar-refractivity contribution in [2.75, 3.05) is 0 Å². The van der Waals surface area contributed by atoms with Crippen molar-refractivity contribution in [2.45, 2.75) is 0 Å². The molecule has 12 rings (SSSR count). The molecule has 4 aromatic heterocycles. The Morgan fingerprint density at radius 3 is 2.04 bits per heavy atom. The Bertz CT molecular complexity index is 3500. The first-order chi connectivity index (χ1) is 27.2. The van der Waals surface area contributed by atoms with Crippen molar-refractivity contribution in [3.05, 3.63) is 176 Å². The van der Waals surface area contributed by atoms with E-state index >= 15 is 0 Å². The molecule has 0 amide bonds. The molecule has 4 nitrogen and oxygen atoms in total. The van der Waals surface area contributed by atoms with Crippen molar-refractivity contribution in [2.24, 2.45) is 0 Å². The number of benzene rings is 8. The molecule has 12 aromatic rings. The molecule has 4 heterocycles. The van der Waals surface area contributed by atoms with Gasteiger partial charge in [0.2, 0.25) is 0 Å². The SMILES string of the molecule is c1ccc(-n2c3ccccc3c3cc(-c4nc(-c5cccc6oc7ccc(-c8ccc9sc%10ccccc%10c9c8)cc7c56)nc5ccccc45)ccc32)cc1. The maximum Gasteiger partial charge on any atom is 0.161 e. The lowest BCUT2D eigenvalue weighted by Gasteiger charge is -2.11. The summed E-state index contributed by atoms with van der Waals surface area (Å²) < 4.78 is 11.4. The molecule has 0 saturated heterocycles. The Labute approximate surface area is 319 Å². The maximum atomic E-state index is 6.49. The molecule has 8 aromatic carbocycles. The Kier molecular flexibility index (Phi) is 6.47. The first kappa shape index (κ1) is 30.4. The summed E-state index contributed by atoms with van der Waals surface area (Å²) in [5, 5.41) is 8.06. The lowest BCUT2D eigenvalue weighted by Crippen LogP contribution is -1.96. The van der Waals surface area contributed by atoms with Gasteiger partial charge in [-0.2, -0.15) is 0 Å². The number of nitrogens with zero attached hydrogens (tertiary/aromatic N) is 3. The van der Waals surface area contributed by atoms with Gasteiger partial charge in [-0.15, -0.1) is 11.3 Å². The second-order valence-corrected chi connectivity index (χ2v) is 15.2. The lowest BCUT2D eigenvalue weighted by atomic mass is 9.99. The number of thiophene rings is 1. The van der Waals surface area contributed by atoms with Gasteiger partial charge < -0.3 is 8.98 Å². The molecule has 0 atom stereocenters. The molecule has 55 heavy (non-hydrogen) atoms. The van der Waals surface area contributed by atoms with Crippen molar-refractivity contribution < 1.29 is 4.42 Å². The highest BCUT2D eigenvalue weighted by Gasteiger charge is 2.20. The first-order valence-corrected chi connectivity index (χ1v) is 19.3. The van der Waals surface area contributed by atoms with Gasteiger partial charge in [-0.3, -0.25) is 0 Å². The summed E-state index contributed by atoms with van der Waals surface area (Å²) in [6, 6.07) is 62.4.